The molecule has 3 rings (SSSR count). The van der Waals surface area contributed by atoms with Crippen LogP contribution in [0.4, 0.5) is 0 Å². The molecule has 2 fully saturated rings. The van der Waals surface area contributed by atoms with Gasteiger partial charge in [0.05, 0.1) is 18.8 Å². The third-order valence-electron chi connectivity index (χ3n) is 4.24. The van der Waals surface area contributed by atoms with Gasteiger partial charge in [-0.2, -0.15) is 0 Å². The number of aromatic nitrogens is 1. The number of nitrogens with one attached hydrogen (secondary N) is 2. The van der Waals surface area contributed by atoms with Crippen molar-refractivity contribution in [2.24, 2.45) is 0 Å². The van der Waals surface area contributed by atoms with Crippen molar-refractivity contribution in [3.63, 3.8) is 0 Å². The van der Waals surface area contributed by atoms with Crippen LogP contribution in [0.5, 0.6) is 0 Å². The highest BCUT2D eigenvalue weighted by Crippen LogP contribution is 2.22. The summed E-state index contributed by atoms with van der Waals surface area (Å²) in [6, 6.07) is 3.79. The van der Waals surface area contributed by atoms with Crippen molar-refractivity contribution in [2.75, 3.05) is 13.2 Å². The van der Waals surface area contributed by atoms with Crippen molar-refractivity contribution in [3.05, 3.63) is 30.1 Å². The fourth-order valence-electron chi connectivity index (χ4n) is 2.69. The topological polar surface area (TPSA) is 83.5 Å². The number of carbonyl (C=O) groups excluding carboxylic acids is 1. The van der Waals surface area contributed by atoms with Crippen molar-refractivity contribution < 1.29 is 14.6 Å². The summed E-state index contributed by atoms with van der Waals surface area (Å²) in [7, 11) is 0. The molecule has 114 valence electrons. The Labute approximate surface area is 123 Å². The van der Waals surface area contributed by atoms with Crippen LogP contribution < -0.4 is 10.6 Å². The fourth-order valence-corrected chi connectivity index (χ4v) is 2.69. The van der Waals surface area contributed by atoms with E-state index in [2.05, 4.69) is 15.6 Å². The Kier molecular flexibility index (Phi) is 4.48. The number of hydrogen-bond donors (Lipinski definition) is 3. The highest BCUT2D eigenvalue weighted by atomic mass is 16.5. The molecule has 2 heterocycles. The van der Waals surface area contributed by atoms with Gasteiger partial charge in [-0.05, 0) is 25.0 Å². The molecule has 0 spiro atoms. The highest BCUT2D eigenvalue weighted by molar-refractivity contribution is 5.93. The molecule has 3 unspecified atom stereocenters. The van der Waals surface area contributed by atoms with Crippen LogP contribution in [0.15, 0.2) is 24.5 Å². The zero-order valence-corrected chi connectivity index (χ0v) is 11.9. The average Bonchev–Trinajstić information content (AvgIpc) is 2.82. The fraction of sp³-hybridized carbons (Fsp3) is 0.600. The van der Waals surface area contributed by atoms with Crippen LogP contribution in [0.3, 0.4) is 0 Å². The van der Waals surface area contributed by atoms with Crippen LogP contribution in [0.1, 0.15) is 29.6 Å². The Morgan fingerprint density at radius 2 is 2.14 bits per heavy atom. The smallest absolute Gasteiger partial charge is 0.251 e. The van der Waals surface area contributed by atoms with E-state index < -0.39 is 6.10 Å². The lowest BCUT2D eigenvalue weighted by Gasteiger charge is -2.30. The summed E-state index contributed by atoms with van der Waals surface area (Å²) >= 11 is 0. The normalized spacial score (nSPS) is 29.1. The van der Waals surface area contributed by atoms with Gasteiger partial charge < -0.3 is 20.5 Å². The van der Waals surface area contributed by atoms with E-state index in [-0.39, 0.29) is 18.1 Å². The SMILES string of the molecule is O=C(NCC1OCC(NC2CCC2)C1O)c1ccncc1. The summed E-state index contributed by atoms with van der Waals surface area (Å²) in [5.41, 5.74) is 0.557. The first-order chi connectivity index (χ1) is 10.2. The molecule has 1 saturated carbocycles. The monoisotopic (exact) mass is 291 g/mol. The van der Waals surface area contributed by atoms with Crippen LogP contribution in [0.25, 0.3) is 0 Å². The van der Waals surface area contributed by atoms with Gasteiger partial charge >= 0.3 is 0 Å². The molecule has 1 amide bonds. The van der Waals surface area contributed by atoms with E-state index in [4.69, 9.17) is 4.74 Å². The first-order valence-corrected chi connectivity index (χ1v) is 7.48. The summed E-state index contributed by atoms with van der Waals surface area (Å²) in [5.74, 6) is -0.177. The second-order valence-electron chi connectivity index (χ2n) is 5.71. The number of rotatable bonds is 5. The molecule has 0 bridgehead atoms. The minimum atomic E-state index is -0.580. The van der Waals surface area contributed by atoms with Gasteiger partial charge in [0.2, 0.25) is 0 Å². The maximum absolute atomic E-state index is 11.9. The largest absolute Gasteiger partial charge is 0.389 e. The Balaban J connectivity index is 1.46. The van der Waals surface area contributed by atoms with Crippen LogP contribution in [-0.4, -0.2) is 53.4 Å². The van der Waals surface area contributed by atoms with E-state index in [1.807, 2.05) is 0 Å². The average molecular weight is 291 g/mol. The number of aliphatic hydroxyl groups is 1. The molecule has 3 N–H and O–H groups in total. The number of hydrogen-bond acceptors (Lipinski definition) is 5. The number of ether oxygens (including phenoxy) is 1. The minimum Gasteiger partial charge on any atom is -0.389 e. The van der Waals surface area contributed by atoms with Gasteiger partial charge in [-0.3, -0.25) is 9.78 Å². The quantitative estimate of drug-likeness (QED) is 0.716. The minimum absolute atomic E-state index is 0.0295. The highest BCUT2D eigenvalue weighted by Gasteiger charge is 2.37. The van der Waals surface area contributed by atoms with Gasteiger partial charge in [-0.15, -0.1) is 0 Å². The van der Waals surface area contributed by atoms with Crippen molar-refractivity contribution in [1.29, 1.82) is 0 Å². The molecule has 0 aromatic carbocycles. The molecule has 1 aliphatic heterocycles. The van der Waals surface area contributed by atoms with E-state index in [0.717, 1.165) is 0 Å². The molecule has 3 atom stereocenters. The van der Waals surface area contributed by atoms with E-state index in [9.17, 15) is 9.90 Å². The summed E-state index contributed by atoms with van der Waals surface area (Å²) in [5, 5.41) is 16.5. The lowest BCUT2D eigenvalue weighted by atomic mass is 9.92. The van der Waals surface area contributed by atoms with E-state index in [1.165, 1.54) is 19.3 Å². The first-order valence-electron chi connectivity index (χ1n) is 7.48. The second kappa shape index (κ2) is 6.51. The predicted octanol–water partition coefficient (Wildman–Crippen LogP) is 0.0818. The first kappa shape index (κ1) is 14.4. The zero-order valence-electron chi connectivity index (χ0n) is 11.9. The molecule has 2 aliphatic rings. The van der Waals surface area contributed by atoms with E-state index in [1.54, 1.807) is 24.5 Å². The standard InChI is InChI=1S/C15H21N3O3/c19-14-12(18-11-2-1-3-11)9-21-13(14)8-17-15(20)10-4-6-16-7-5-10/h4-7,11-14,18-19H,1-3,8-9H2,(H,17,20). The molecule has 21 heavy (non-hydrogen) atoms. The van der Waals surface area contributed by atoms with Crippen molar-refractivity contribution in [1.82, 2.24) is 15.6 Å². The summed E-state index contributed by atoms with van der Waals surface area (Å²) in [4.78, 5) is 15.8. The molecule has 1 aromatic heterocycles. The maximum Gasteiger partial charge on any atom is 0.251 e. The predicted molar refractivity (Wildman–Crippen MR) is 76.9 cm³/mol. The summed E-state index contributed by atoms with van der Waals surface area (Å²) in [6.45, 7) is 0.804. The Morgan fingerprint density at radius 1 is 1.38 bits per heavy atom. The summed E-state index contributed by atoms with van der Waals surface area (Å²) < 4.78 is 5.59. The molecular formula is C15H21N3O3. The Hall–Kier alpha value is -1.50. The molecule has 0 radical (unpaired) electrons. The Bertz CT molecular complexity index is 478. The van der Waals surface area contributed by atoms with Crippen LogP contribution >= 0.6 is 0 Å². The van der Waals surface area contributed by atoms with Gasteiger partial charge in [0.15, 0.2) is 0 Å². The zero-order chi connectivity index (χ0) is 14.7. The third kappa shape index (κ3) is 3.40. The molecule has 6 heteroatoms. The molecular weight excluding hydrogens is 270 g/mol. The molecule has 1 aromatic rings. The van der Waals surface area contributed by atoms with Gasteiger partial charge in [-0.25, -0.2) is 0 Å². The van der Waals surface area contributed by atoms with Gasteiger partial charge in [0, 0.05) is 30.5 Å². The number of pyridine rings is 1. The number of carbonyl (C=O) groups is 1. The van der Waals surface area contributed by atoms with Crippen LogP contribution in [0.2, 0.25) is 0 Å². The number of nitrogens with zero attached hydrogens (tertiary/aromatic N) is 1. The lowest BCUT2D eigenvalue weighted by Crippen LogP contribution is -2.50. The number of amides is 1. The lowest BCUT2D eigenvalue weighted by molar-refractivity contribution is 0.0392. The second-order valence-corrected chi connectivity index (χ2v) is 5.71. The maximum atomic E-state index is 11.9. The van der Waals surface area contributed by atoms with E-state index in [0.29, 0.717) is 24.8 Å². The van der Waals surface area contributed by atoms with Crippen molar-refractivity contribution in [2.45, 2.75) is 43.6 Å². The van der Waals surface area contributed by atoms with Gasteiger partial charge in [0.1, 0.15) is 6.10 Å². The van der Waals surface area contributed by atoms with Crippen LogP contribution in [-0.2, 0) is 4.74 Å². The van der Waals surface area contributed by atoms with Gasteiger partial charge in [0.25, 0.3) is 5.91 Å². The summed E-state index contributed by atoms with van der Waals surface area (Å²) in [6.07, 6.45) is 5.83. The van der Waals surface area contributed by atoms with Crippen LogP contribution in [0, 0.1) is 0 Å². The third-order valence-corrected chi connectivity index (χ3v) is 4.24. The van der Waals surface area contributed by atoms with Crippen molar-refractivity contribution in [3.8, 4) is 0 Å². The Morgan fingerprint density at radius 3 is 2.81 bits per heavy atom. The molecule has 6 nitrogen and oxygen atoms in total. The van der Waals surface area contributed by atoms with E-state index >= 15 is 0 Å². The molecule has 1 saturated heterocycles. The molecule has 1 aliphatic carbocycles. The number of aliphatic hydroxyl groups excluding tert-OH is 1. The van der Waals surface area contributed by atoms with Crippen molar-refractivity contribution >= 4 is 5.91 Å². The van der Waals surface area contributed by atoms with Gasteiger partial charge in [-0.1, -0.05) is 6.42 Å².